The van der Waals surface area contributed by atoms with Crippen molar-refractivity contribution in [2.75, 3.05) is 11.9 Å². The van der Waals surface area contributed by atoms with E-state index in [0.717, 1.165) is 31.7 Å². The maximum Gasteiger partial charge on any atom is 0.573 e. The molecule has 0 spiro atoms. The van der Waals surface area contributed by atoms with E-state index in [9.17, 15) is 18.0 Å². The lowest BCUT2D eigenvalue weighted by Crippen LogP contribution is -2.29. The number of carbonyl (C=O) groups is 1. The molecule has 0 radical (unpaired) electrons. The van der Waals surface area contributed by atoms with E-state index in [4.69, 9.17) is 0 Å². The van der Waals surface area contributed by atoms with Crippen molar-refractivity contribution < 1.29 is 22.7 Å². The Kier molecular flexibility index (Phi) is 6.84. The average molecular weight is 304 g/mol. The second kappa shape index (κ2) is 8.39. The predicted octanol–water partition coefficient (Wildman–Crippen LogP) is 4.29. The zero-order chi connectivity index (χ0) is 15.7. The highest BCUT2D eigenvalue weighted by atomic mass is 19.4. The molecular weight excluding hydrogens is 285 g/mol. The van der Waals surface area contributed by atoms with Crippen molar-refractivity contribution in [3.63, 3.8) is 0 Å². The molecule has 0 aliphatic carbocycles. The standard InChI is InChI=1S/C14H19F3N2O2/c1-2-3-4-5-9-18-13(20)19-11-7-6-8-12(10-11)21-14(15,16)17/h6-8,10H,2-5,9H2,1H3,(H2,18,19,20). The van der Waals surface area contributed by atoms with Gasteiger partial charge < -0.3 is 15.4 Å². The number of hydrogen-bond acceptors (Lipinski definition) is 2. The average Bonchev–Trinajstić information content (AvgIpc) is 2.37. The van der Waals surface area contributed by atoms with Crippen LogP contribution in [0.4, 0.5) is 23.7 Å². The number of unbranched alkanes of at least 4 members (excludes halogenated alkanes) is 3. The number of hydrogen-bond donors (Lipinski definition) is 2. The van der Waals surface area contributed by atoms with Crippen LogP contribution in [-0.4, -0.2) is 18.9 Å². The fourth-order valence-electron chi connectivity index (χ4n) is 1.70. The molecule has 0 heterocycles. The molecular formula is C14H19F3N2O2. The fraction of sp³-hybridized carbons (Fsp3) is 0.500. The van der Waals surface area contributed by atoms with E-state index in [1.807, 2.05) is 0 Å². The number of urea groups is 1. The van der Waals surface area contributed by atoms with Crippen molar-refractivity contribution >= 4 is 11.7 Å². The number of benzene rings is 1. The van der Waals surface area contributed by atoms with Crippen molar-refractivity contribution in [3.05, 3.63) is 24.3 Å². The van der Waals surface area contributed by atoms with Gasteiger partial charge in [-0.3, -0.25) is 0 Å². The summed E-state index contributed by atoms with van der Waals surface area (Å²) in [5, 5.41) is 5.11. The first-order valence-electron chi connectivity index (χ1n) is 6.81. The van der Waals surface area contributed by atoms with Gasteiger partial charge in [-0.05, 0) is 18.6 Å². The van der Waals surface area contributed by atoms with E-state index >= 15 is 0 Å². The number of alkyl halides is 3. The number of ether oxygens (including phenoxy) is 1. The summed E-state index contributed by atoms with van der Waals surface area (Å²) in [5.74, 6) is -0.372. The molecule has 21 heavy (non-hydrogen) atoms. The summed E-state index contributed by atoms with van der Waals surface area (Å²) in [5.41, 5.74) is 0.239. The number of nitrogens with one attached hydrogen (secondary N) is 2. The molecule has 7 heteroatoms. The summed E-state index contributed by atoms with van der Waals surface area (Å²) in [4.78, 5) is 11.6. The molecule has 0 aromatic heterocycles. The number of rotatable bonds is 7. The summed E-state index contributed by atoms with van der Waals surface area (Å²) < 4.78 is 40.0. The molecule has 2 N–H and O–H groups in total. The number of carbonyl (C=O) groups excluding carboxylic acids is 1. The van der Waals surface area contributed by atoms with E-state index in [-0.39, 0.29) is 11.4 Å². The Labute approximate surface area is 121 Å². The van der Waals surface area contributed by atoms with Gasteiger partial charge in [-0.15, -0.1) is 13.2 Å². The highest BCUT2D eigenvalue weighted by Crippen LogP contribution is 2.24. The monoisotopic (exact) mass is 304 g/mol. The Hall–Kier alpha value is -1.92. The van der Waals surface area contributed by atoms with E-state index in [0.29, 0.717) is 6.54 Å². The van der Waals surface area contributed by atoms with Gasteiger partial charge in [0.25, 0.3) is 0 Å². The smallest absolute Gasteiger partial charge is 0.406 e. The van der Waals surface area contributed by atoms with Crippen LogP contribution in [0.3, 0.4) is 0 Å². The van der Waals surface area contributed by atoms with E-state index < -0.39 is 12.4 Å². The minimum absolute atomic E-state index is 0.239. The zero-order valence-electron chi connectivity index (χ0n) is 11.8. The highest BCUT2D eigenvalue weighted by Gasteiger charge is 2.31. The molecule has 118 valence electrons. The Morgan fingerprint density at radius 1 is 1.24 bits per heavy atom. The third-order valence-corrected chi connectivity index (χ3v) is 2.64. The summed E-state index contributed by atoms with van der Waals surface area (Å²) in [7, 11) is 0. The lowest BCUT2D eigenvalue weighted by Gasteiger charge is -2.11. The maximum absolute atomic E-state index is 12.1. The molecule has 1 aromatic carbocycles. The molecule has 0 saturated carbocycles. The summed E-state index contributed by atoms with van der Waals surface area (Å²) in [6.45, 7) is 2.63. The predicted molar refractivity (Wildman–Crippen MR) is 74.3 cm³/mol. The van der Waals surface area contributed by atoms with E-state index in [2.05, 4.69) is 22.3 Å². The Morgan fingerprint density at radius 3 is 2.67 bits per heavy atom. The van der Waals surface area contributed by atoms with Crippen LogP contribution in [0.5, 0.6) is 5.75 Å². The SMILES string of the molecule is CCCCCCNC(=O)Nc1cccc(OC(F)(F)F)c1. The highest BCUT2D eigenvalue weighted by molar-refractivity contribution is 5.89. The molecule has 4 nitrogen and oxygen atoms in total. The van der Waals surface area contributed by atoms with Crippen LogP contribution in [0.2, 0.25) is 0 Å². The molecule has 0 fully saturated rings. The Balaban J connectivity index is 2.40. The summed E-state index contributed by atoms with van der Waals surface area (Å²) in [6, 6.07) is 4.69. The van der Waals surface area contributed by atoms with Crippen LogP contribution >= 0.6 is 0 Å². The molecule has 0 atom stereocenters. The van der Waals surface area contributed by atoms with Gasteiger partial charge in [-0.1, -0.05) is 32.3 Å². The molecule has 0 unspecified atom stereocenters. The fourth-order valence-corrected chi connectivity index (χ4v) is 1.70. The quantitative estimate of drug-likeness (QED) is 0.738. The van der Waals surface area contributed by atoms with Gasteiger partial charge >= 0.3 is 12.4 Å². The van der Waals surface area contributed by atoms with Gasteiger partial charge in [0.1, 0.15) is 5.75 Å². The normalized spacial score (nSPS) is 11.0. The number of halogens is 3. The second-order valence-electron chi connectivity index (χ2n) is 4.52. The topological polar surface area (TPSA) is 50.4 Å². The van der Waals surface area contributed by atoms with Crippen molar-refractivity contribution in [1.82, 2.24) is 5.32 Å². The van der Waals surface area contributed by atoms with Crippen LogP contribution in [0.15, 0.2) is 24.3 Å². The van der Waals surface area contributed by atoms with Crippen LogP contribution in [0, 0.1) is 0 Å². The van der Waals surface area contributed by atoms with Crippen molar-refractivity contribution in [3.8, 4) is 5.75 Å². The first-order valence-corrected chi connectivity index (χ1v) is 6.81. The van der Waals surface area contributed by atoms with Gasteiger partial charge in [0, 0.05) is 18.3 Å². The lowest BCUT2D eigenvalue weighted by molar-refractivity contribution is -0.274. The zero-order valence-corrected chi connectivity index (χ0v) is 11.8. The molecule has 0 bridgehead atoms. The van der Waals surface area contributed by atoms with Gasteiger partial charge in [0.05, 0.1) is 0 Å². The van der Waals surface area contributed by atoms with Gasteiger partial charge in [0.2, 0.25) is 0 Å². The van der Waals surface area contributed by atoms with Crippen LogP contribution < -0.4 is 15.4 Å². The first-order chi connectivity index (χ1) is 9.90. The van der Waals surface area contributed by atoms with Crippen LogP contribution in [-0.2, 0) is 0 Å². The van der Waals surface area contributed by atoms with Crippen LogP contribution in [0.25, 0.3) is 0 Å². The van der Waals surface area contributed by atoms with Gasteiger partial charge in [-0.2, -0.15) is 0 Å². The molecule has 0 aliphatic rings. The third-order valence-electron chi connectivity index (χ3n) is 2.64. The van der Waals surface area contributed by atoms with Gasteiger partial charge in [0.15, 0.2) is 0 Å². The number of anilines is 1. The molecule has 1 aromatic rings. The van der Waals surface area contributed by atoms with Crippen LogP contribution in [0.1, 0.15) is 32.6 Å². The minimum Gasteiger partial charge on any atom is -0.406 e. The number of amides is 2. The van der Waals surface area contributed by atoms with E-state index in [1.165, 1.54) is 18.2 Å². The Bertz CT molecular complexity index is 450. The molecule has 2 amide bonds. The Morgan fingerprint density at radius 2 is 2.00 bits per heavy atom. The third kappa shape index (κ3) is 8.06. The molecule has 1 rings (SSSR count). The van der Waals surface area contributed by atoms with Crippen molar-refractivity contribution in [2.24, 2.45) is 0 Å². The lowest BCUT2D eigenvalue weighted by atomic mass is 10.2. The van der Waals surface area contributed by atoms with E-state index in [1.54, 1.807) is 0 Å². The molecule has 0 saturated heterocycles. The maximum atomic E-state index is 12.1. The summed E-state index contributed by atoms with van der Waals surface area (Å²) in [6.07, 6.45) is -0.622. The second-order valence-corrected chi connectivity index (χ2v) is 4.52. The van der Waals surface area contributed by atoms with Crippen molar-refractivity contribution in [1.29, 1.82) is 0 Å². The van der Waals surface area contributed by atoms with Crippen molar-refractivity contribution in [2.45, 2.75) is 39.0 Å². The first kappa shape index (κ1) is 17.1. The summed E-state index contributed by atoms with van der Waals surface area (Å²) >= 11 is 0. The van der Waals surface area contributed by atoms with Gasteiger partial charge in [-0.25, -0.2) is 4.79 Å². The molecule has 0 aliphatic heterocycles. The largest absolute Gasteiger partial charge is 0.573 e. The minimum atomic E-state index is -4.75.